The van der Waals surface area contributed by atoms with Crippen LogP contribution in [0.15, 0.2) is 42.6 Å². The number of anilines is 1. The molecule has 0 amide bonds. The van der Waals surface area contributed by atoms with E-state index < -0.39 is 0 Å². The van der Waals surface area contributed by atoms with Crippen molar-refractivity contribution in [2.75, 3.05) is 25.5 Å². The Morgan fingerprint density at radius 1 is 1.24 bits per heavy atom. The highest BCUT2D eigenvalue weighted by atomic mass is 15.1. The van der Waals surface area contributed by atoms with E-state index >= 15 is 0 Å². The predicted molar refractivity (Wildman–Crippen MR) is 82.6 cm³/mol. The van der Waals surface area contributed by atoms with Gasteiger partial charge in [-0.3, -0.25) is 0 Å². The molecule has 1 aromatic carbocycles. The van der Waals surface area contributed by atoms with E-state index in [0.717, 1.165) is 26.1 Å². The zero-order valence-corrected chi connectivity index (χ0v) is 12.2. The van der Waals surface area contributed by atoms with Gasteiger partial charge in [0.25, 0.3) is 0 Å². The van der Waals surface area contributed by atoms with Gasteiger partial charge in [-0.2, -0.15) is 5.26 Å². The molecule has 0 unspecified atom stereocenters. The molecule has 0 spiro atoms. The van der Waals surface area contributed by atoms with E-state index in [1.165, 1.54) is 5.56 Å². The quantitative estimate of drug-likeness (QED) is 0.789. The van der Waals surface area contributed by atoms with Gasteiger partial charge in [0.05, 0.1) is 0 Å². The van der Waals surface area contributed by atoms with Gasteiger partial charge in [-0.25, -0.2) is 9.97 Å². The maximum atomic E-state index is 8.77. The molecule has 0 saturated heterocycles. The number of nitriles is 1. The van der Waals surface area contributed by atoms with Crippen molar-refractivity contribution in [3.05, 3.63) is 53.9 Å². The van der Waals surface area contributed by atoms with Gasteiger partial charge in [-0.05, 0) is 31.6 Å². The first kappa shape index (κ1) is 14.9. The molecule has 0 aliphatic heterocycles. The Morgan fingerprint density at radius 2 is 2.05 bits per heavy atom. The molecule has 1 aromatic heterocycles. The number of aromatic nitrogens is 2. The maximum Gasteiger partial charge on any atom is 0.223 e. The number of nitrogens with one attached hydrogen (secondary N) is 1. The normalized spacial score (nSPS) is 10.3. The standard InChI is InChI=1S/C16H19N5/c1-21(13-14-6-3-2-4-7-14)11-5-9-18-16-19-10-8-15(12-17)20-16/h2-4,6-8,10H,5,9,11,13H2,1H3,(H,18,19,20). The number of benzene rings is 1. The maximum absolute atomic E-state index is 8.77. The lowest BCUT2D eigenvalue weighted by Gasteiger charge is -2.16. The summed E-state index contributed by atoms with van der Waals surface area (Å²) in [5.74, 6) is 0.514. The lowest BCUT2D eigenvalue weighted by Crippen LogP contribution is -2.21. The van der Waals surface area contributed by atoms with Gasteiger partial charge in [0.15, 0.2) is 0 Å². The van der Waals surface area contributed by atoms with Gasteiger partial charge in [-0.15, -0.1) is 0 Å². The molecule has 108 valence electrons. The largest absolute Gasteiger partial charge is 0.354 e. The molecule has 5 nitrogen and oxygen atoms in total. The fourth-order valence-corrected chi connectivity index (χ4v) is 2.03. The van der Waals surface area contributed by atoms with Crippen molar-refractivity contribution in [3.8, 4) is 6.07 Å². The van der Waals surface area contributed by atoms with E-state index in [1.54, 1.807) is 12.3 Å². The third kappa shape index (κ3) is 5.21. The fraction of sp³-hybridized carbons (Fsp3) is 0.312. The first-order valence-electron chi connectivity index (χ1n) is 6.97. The summed E-state index contributed by atoms with van der Waals surface area (Å²) in [5, 5.41) is 11.9. The fourth-order valence-electron chi connectivity index (χ4n) is 2.03. The summed E-state index contributed by atoms with van der Waals surface area (Å²) in [6, 6.07) is 14.0. The summed E-state index contributed by atoms with van der Waals surface area (Å²) in [7, 11) is 2.11. The second-order valence-corrected chi connectivity index (χ2v) is 4.88. The molecule has 1 heterocycles. The van der Waals surface area contributed by atoms with Gasteiger partial charge in [0.2, 0.25) is 5.95 Å². The molecule has 0 aliphatic rings. The van der Waals surface area contributed by atoms with Gasteiger partial charge >= 0.3 is 0 Å². The highest BCUT2D eigenvalue weighted by molar-refractivity contribution is 5.29. The van der Waals surface area contributed by atoms with Crippen molar-refractivity contribution in [1.82, 2.24) is 14.9 Å². The molecule has 0 aliphatic carbocycles. The van der Waals surface area contributed by atoms with Gasteiger partial charge in [0, 0.05) is 19.3 Å². The highest BCUT2D eigenvalue weighted by Gasteiger charge is 2.01. The Hall–Kier alpha value is -2.45. The summed E-state index contributed by atoms with van der Waals surface area (Å²) in [6.45, 7) is 2.72. The second-order valence-electron chi connectivity index (χ2n) is 4.88. The Labute approximate surface area is 125 Å². The van der Waals surface area contributed by atoms with Crippen LogP contribution in [0.2, 0.25) is 0 Å². The van der Waals surface area contributed by atoms with Crippen LogP contribution in [0.1, 0.15) is 17.7 Å². The smallest absolute Gasteiger partial charge is 0.223 e. The van der Waals surface area contributed by atoms with E-state index in [9.17, 15) is 0 Å². The van der Waals surface area contributed by atoms with Crippen molar-refractivity contribution in [2.24, 2.45) is 0 Å². The summed E-state index contributed by atoms with van der Waals surface area (Å²) in [4.78, 5) is 10.4. The third-order valence-electron chi connectivity index (χ3n) is 3.07. The molecular weight excluding hydrogens is 262 g/mol. The summed E-state index contributed by atoms with van der Waals surface area (Å²) in [5.41, 5.74) is 1.70. The molecule has 0 fully saturated rings. The topological polar surface area (TPSA) is 64.8 Å². The zero-order chi connectivity index (χ0) is 14.9. The first-order valence-corrected chi connectivity index (χ1v) is 6.97. The van der Waals surface area contributed by atoms with Crippen LogP contribution >= 0.6 is 0 Å². The van der Waals surface area contributed by atoms with Crippen molar-refractivity contribution in [3.63, 3.8) is 0 Å². The third-order valence-corrected chi connectivity index (χ3v) is 3.07. The minimum atomic E-state index is 0.383. The van der Waals surface area contributed by atoms with Gasteiger partial charge in [-0.1, -0.05) is 30.3 Å². The van der Waals surface area contributed by atoms with Crippen molar-refractivity contribution in [1.29, 1.82) is 5.26 Å². The molecule has 0 radical (unpaired) electrons. The average molecular weight is 281 g/mol. The number of rotatable bonds is 7. The van der Waals surface area contributed by atoms with Crippen LogP contribution in [0, 0.1) is 11.3 Å². The predicted octanol–water partition coefficient (Wildman–Crippen LogP) is 2.28. The average Bonchev–Trinajstić information content (AvgIpc) is 2.53. The molecular formula is C16H19N5. The van der Waals surface area contributed by atoms with Gasteiger partial charge in [0.1, 0.15) is 11.8 Å². The molecule has 21 heavy (non-hydrogen) atoms. The Morgan fingerprint density at radius 3 is 2.81 bits per heavy atom. The Kier molecular flexibility index (Phi) is 5.68. The first-order chi connectivity index (χ1) is 10.3. The van der Waals surface area contributed by atoms with Gasteiger partial charge < -0.3 is 10.2 Å². The number of hydrogen-bond donors (Lipinski definition) is 1. The van der Waals surface area contributed by atoms with Crippen molar-refractivity contribution >= 4 is 5.95 Å². The minimum absolute atomic E-state index is 0.383. The van der Waals surface area contributed by atoms with E-state index in [-0.39, 0.29) is 0 Å². The number of nitrogens with zero attached hydrogens (tertiary/aromatic N) is 4. The van der Waals surface area contributed by atoms with E-state index in [0.29, 0.717) is 11.6 Å². The van der Waals surface area contributed by atoms with Crippen molar-refractivity contribution in [2.45, 2.75) is 13.0 Å². The Bertz CT molecular complexity index is 591. The van der Waals surface area contributed by atoms with Crippen LogP contribution < -0.4 is 5.32 Å². The molecule has 5 heteroatoms. The lowest BCUT2D eigenvalue weighted by molar-refractivity contribution is 0.325. The number of hydrogen-bond acceptors (Lipinski definition) is 5. The van der Waals surface area contributed by atoms with Crippen LogP contribution in [0.5, 0.6) is 0 Å². The molecule has 0 atom stereocenters. The Balaban J connectivity index is 1.68. The van der Waals surface area contributed by atoms with Crippen LogP contribution in [-0.2, 0) is 6.54 Å². The molecule has 0 bridgehead atoms. The monoisotopic (exact) mass is 281 g/mol. The molecule has 2 rings (SSSR count). The van der Waals surface area contributed by atoms with Crippen LogP contribution in [0.3, 0.4) is 0 Å². The molecule has 2 aromatic rings. The van der Waals surface area contributed by atoms with E-state index in [4.69, 9.17) is 5.26 Å². The zero-order valence-electron chi connectivity index (χ0n) is 12.2. The SMILES string of the molecule is CN(CCCNc1nccc(C#N)n1)Cc1ccccc1. The molecule has 0 saturated carbocycles. The summed E-state index contributed by atoms with van der Waals surface area (Å²) in [6.07, 6.45) is 2.58. The van der Waals surface area contributed by atoms with Crippen LogP contribution in [0.4, 0.5) is 5.95 Å². The highest BCUT2D eigenvalue weighted by Crippen LogP contribution is 2.03. The van der Waals surface area contributed by atoms with Crippen LogP contribution in [-0.4, -0.2) is 35.0 Å². The van der Waals surface area contributed by atoms with Crippen molar-refractivity contribution < 1.29 is 0 Å². The summed E-state index contributed by atoms with van der Waals surface area (Å²) < 4.78 is 0. The van der Waals surface area contributed by atoms with Crippen LogP contribution in [0.25, 0.3) is 0 Å². The summed E-state index contributed by atoms with van der Waals surface area (Å²) >= 11 is 0. The second kappa shape index (κ2) is 7.98. The van der Waals surface area contributed by atoms with E-state index in [2.05, 4.69) is 51.5 Å². The van der Waals surface area contributed by atoms with E-state index in [1.807, 2.05) is 12.1 Å². The minimum Gasteiger partial charge on any atom is -0.354 e. The molecule has 1 N–H and O–H groups in total. The lowest BCUT2D eigenvalue weighted by atomic mass is 10.2.